The van der Waals surface area contributed by atoms with Gasteiger partial charge in [0, 0.05) is 24.7 Å². The van der Waals surface area contributed by atoms with Gasteiger partial charge in [0.1, 0.15) is 17.3 Å². The van der Waals surface area contributed by atoms with Crippen LogP contribution < -0.4 is 10.2 Å². The molecule has 0 aromatic carbocycles. The lowest BCUT2D eigenvalue weighted by Gasteiger charge is -2.28. The van der Waals surface area contributed by atoms with Crippen LogP contribution in [0.3, 0.4) is 0 Å². The van der Waals surface area contributed by atoms with Crippen LogP contribution in [-0.4, -0.2) is 54.4 Å². The van der Waals surface area contributed by atoms with E-state index in [0.717, 1.165) is 0 Å². The summed E-state index contributed by atoms with van der Waals surface area (Å²) >= 11 is 0. The average Bonchev–Trinajstić information content (AvgIpc) is 2.78. The van der Waals surface area contributed by atoms with E-state index in [1.54, 1.807) is 13.0 Å². The van der Waals surface area contributed by atoms with Crippen molar-refractivity contribution in [2.45, 2.75) is 46.2 Å². The number of anilines is 1. The largest absolute Gasteiger partial charge is 0.353 e. The molecule has 2 heterocycles. The summed E-state index contributed by atoms with van der Waals surface area (Å²) in [6.45, 7) is 8.08. The molecule has 2 rings (SSSR count). The molecule has 1 aromatic heterocycles. The van der Waals surface area contributed by atoms with Crippen LogP contribution in [0.25, 0.3) is 0 Å². The predicted molar refractivity (Wildman–Crippen MR) is 89.5 cm³/mol. The summed E-state index contributed by atoms with van der Waals surface area (Å²) in [5.41, 5.74) is 0.306. The molecule has 0 spiro atoms. The Balaban J connectivity index is 2.30. The lowest BCUT2D eigenvalue weighted by Crippen LogP contribution is -2.37. The molecule has 1 N–H and O–H groups in total. The number of hydrogen-bond acceptors (Lipinski definition) is 6. The van der Waals surface area contributed by atoms with Crippen LogP contribution in [0.2, 0.25) is 0 Å². The van der Waals surface area contributed by atoms with Crippen molar-refractivity contribution in [2.75, 3.05) is 23.0 Å². The highest BCUT2D eigenvalue weighted by Gasteiger charge is 2.32. The van der Waals surface area contributed by atoms with E-state index in [2.05, 4.69) is 15.3 Å². The van der Waals surface area contributed by atoms with Gasteiger partial charge in [-0.3, -0.25) is 4.79 Å². The fraction of sp³-hybridized carbons (Fsp3) is 0.667. The van der Waals surface area contributed by atoms with Crippen molar-refractivity contribution in [3.63, 3.8) is 0 Å². The Morgan fingerprint density at radius 1 is 1.43 bits per heavy atom. The monoisotopic (exact) mass is 340 g/mol. The zero-order chi connectivity index (χ0) is 17.2. The first-order chi connectivity index (χ1) is 10.7. The van der Waals surface area contributed by atoms with Gasteiger partial charge >= 0.3 is 0 Å². The summed E-state index contributed by atoms with van der Waals surface area (Å²) in [7, 11) is -2.98. The van der Waals surface area contributed by atoms with Gasteiger partial charge in [-0.15, -0.1) is 0 Å². The molecule has 8 heteroatoms. The molecule has 1 saturated heterocycles. The van der Waals surface area contributed by atoms with E-state index < -0.39 is 9.84 Å². The molecular weight excluding hydrogens is 316 g/mol. The molecule has 128 valence electrons. The standard InChI is InChI=1S/C15H24N4O3S/c1-5-19(12-6-7-23(21,22)9-12)14-8-13(17-11(4)18-14)15(20)16-10(2)3/h8,10,12H,5-7,9H2,1-4H3,(H,16,20). The Morgan fingerprint density at radius 3 is 2.65 bits per heavy atom. The maximum Gasteiger partial charge on any atom is 0.270 e. The van der Waals surface area contributed by atoms with Crippen molar-refractivity contribution in [2.24, 2.45) is 0 Å². The topological polar surface area (TPSA) is 92.3 Å². The summed E-state index contributed by atoms with van der Waals surface area (Å²) in [6, 6.07) is 1.56. The van der Waals surface area contributed by atoms with E-state index in [9.17, 15) is 13.2 Å². The third-order valence-electron chi connectivity index (χ3n) is 3.76. The Kier molecular flexibility index (Phi) is 5.23. The molecule has 1 atom stereocenters. The number of carbonyl (C=O) groups excluding carboxylic acids is 1. The minimum absolute atomic E-state index is 0.0171. The van der Waals surface area contributed by atoms with Crippen molar-refractivity contribution in [3.05, 3.63) is 17.6 Å². The van der Waals surface area contributed by atoms with Gasteiger partial charge in [-0.25, -0.2) is 18.4 Å². The molecule has 7 nitrogen and oxygen atoms in total. The van der Waals surface area contributed by atoms with E-state index in [4.69, 9.17) is 0 Å². The fourth-order valence-electron chi connectivity index (χ4n) is 2.78. The SMILES string of the molecule is CCN(c1cc(C(=O)NC(C)C)nc(C)n1)C1CCS(=O)(=O)C1. The molecule has 1 fully saturated rings. The molecule has 23 heavy (non-hydrogen) atoms. The van der Waals surface area contributed by atoms with Crippen molar-refractivity contribution < 1.29 is 13.2 Å². The third-order valence-corrected chi connectivity index (χ3v) is 5.51. The number of aromatic nitrogens is 2. The van der Waals surface area contributed by atoms with E-state index in [-0.39, 0.29) is 29.5 Å². The van der Waals surface area contributed by atoms with Gasteiger partial charge in [0.2, 0.25) is 0 Å². The second-order valence-corrected chi connectivity index (χ2v) is 8.36. The molecule has 1 aliphatic heterocycles. The van der Waals surface area contributed by atoms with Gasteiger partial charge in [0.25, 0.3) is 5.91 Å². The number of rotatable bonds is 5. The summed E-state index contributed by atoms with van der Waals surface area (Å²) in [5, 5.41) is 2.81. The highest BCUT2D eigenvalue weighted by atomic mass is 32.2. The first kappa shape index (κ1) is 17.7. The molecule has 1 aliphatic rings. The van der Waals surface area contributed by atoms with E-state index in [1.807, 2.05) is 25.7 Å². The molecule has 1 unspecified atom stereocenters. The number of aryl methyl sites for hydroxylation is 1. The van der Waals surface area contributed by atoms with E-state index in [1.165, 1.54) is 0 Å². The van der Waals surface area contributed by atoms with Gasteiger partial charge in [-0.05, 0) is 34.1 Å². The maximum absolute atomic E-state index is 12.2. The summed E-state index contributed by atoms with van der Waals surface area (Å²) < 4.78 is 23.5. The average molecular weight is 340 g/mol. The van der Waals surface area contributed by atoms with Crippen LogP contribution in [0.4, 0.5) is 5.82 Å². The quantitative estimate of drug-likeness (QED) is 0.857. The molecular formula is C15H24N4O3S. The van der Waals surface area contributed by atoms with Crippen LogP contribution in [0, 0.1) is 6.92 Å². The number of nitrogens with one attached hydrogen (secondary N) is 1. The van der Waals surface area contributed by atoms with Gasteiger partial charge in [-0.2, -0.15) is 0 Å². The lowest BCUT2D eigenvalue weighted by atomic mass is 10.2. The number of hydrogen-bond donors (Lipinski definition) is 1. The zero-order valence-corrected chi connectivity index (χ0v) is 14.9. The Morgan fingerprint density at radius 2 is 2.13 bits per heavy atom. The maximum atomic E-state index is 12.2. The van der Waals surface area contributed by atoms with Gasteiger partial charge in [-0.1, -0.05) is 0 Å². The summed E-state index contributed by atoms with van der Waals surface area (Å²) in [4.78, 5) is 22.7. The number of sulfone groups is 1. The molecule has 0 saturated carbocycles. The van der Waals surface area contributed by atoms with Crippen molar-refractivity contribution in [3.8, 4) is 0 Å². The predicted octanol–water partition coefficient (Wildman–Crippen LogP) is 0.937. The van der Waals surface area contributed by atoms with E-state index >= 15 is 0 Å². The lowest BCUT2D eigenvalue weighted by molar-refractivity contribution is 0.0937. The highest BCUT2D eigenvalue weighted by molar-refractivity contribution is 7.91. The van der Waals surface area contributed by atoms with Gasteiger partial charge < -0.3 is 10.2 Å². The fourth-order valence-corrected chi connectivity index (χ4v) is 4.51. The number of carbonyl (C=O) groups is 1. The van der Waals surface area contributed by atoms with Gasteiger partial charge in [0.15, 0.2) is 9.84 Å². The zero-order valence-electron chi connectivity index (χ0n) is 14.0. The Labute approximate surface area is 137 Å². The van der Waals surface area contributed by atoms with Crippen molar-refractivity contribution in [1.82, 2.24) is 15.3 Å². The van der Waals surface area contributed by atoms with Crippen molar-refractivity contribution >= 4 is 21.6 Å². The number of nitrogens with zero attached hydrogens (tertiary/aromatic N) is 3. The number of amides is 1. The Hall–Kier alpha value is -1.70. The minimum atomic E-state index is -2.98. The normalized spacial score (nSPS) is 19.8. The first-order valence-electron chi connectivity index (χ1n) is 7.85. The van der Waals surface area contributed by atoms with Crippen LogP contribution in [0.5, 0.6) is 0 Å². The summed E-state index contributed by atoms with van der Waals surface area (Å²) in [6.07, 6.45) is 0.590. The first-order valence-corrected chi connectivity index (χ1v) is 9.67. The minimum Gasteiger partial charge on any atom is -0.353 e. The Bertz CT molecular complexity index is 688. The smallest absolute Gasteiger partial charge is 0.270 e. The highest BCUT2D eigenvalue weighted by Crippen LogP contribution is 2.23. The van der Waals surface area contributed by atoms with E-state index in [0.29, 0.717) is 30.3 Å². The second-order valence-electron chi connectivity index (χ2n) is 6.13. The van der Waals surface area contributed by atoms with Crippen LogP contribution in [0.15, 0.2) is 6.07 Å². The van der Waals surface area contributed by atoms with Crippen LogP contribution in [-0.2, 0) is 9.84 Å². The third kappa shape index (κ3) is 4.40. The molecule has 0 bridgehead atoms. The summed E-state index contributed by atoms with van der Waals surface area (Å²) in [5.74, 6) is 1.20. The molecule has 0 aliphatic carbocycles. The van der Waals surface area contributed by atoms with Crippen molar-refractivity contribution in [1.29, 1.82) is 0 Å². The molecule has 1 aromatic rings. The molecule has 1 amide bonds. The second kappa shape index (κ2) is 6.82. The molecule has 0 radical (unpaired) electrons. The van der Waals surface area contributed by atoms with Crippen LogP contribution in [0.1, 0.15) is 43.5 Å². The van der Waals surface area contributed by atoms with Gasteiger partial charge in [0.05, 0.1) is 11.5 Å². The van der Waals surface area contributed by atoms with Crippen LogP contribution >= 0.6 is 0 Å².